The normalized spacial score (nSPS) is 19.8. The van der Waals surface area contributed by atoms with Gasteiger partial charge in [0.1, 0.15) is 4.88 Å². The van der Waals surface area contributed by atoms with E-state index < -0.39 is 6.10 Å². The van der Waals surface area contributed by atoms with Crippen LogP contribution in [0.5, 0.6) is 0 Å². The fourth-order valence-corrected chi connectivity index (χ4v) is 2.38. The van der Waals surface area contributed by atoms with Crippen molar-refractivity contribution < 1.29 is 14.3 Å². The average Bonchev–Trinajstić information content (AvgIpc) is 2.87. The summed E-state index contributed by atoms with van der Waals surface area (Å²) in [4.78, 5) is 17.8. The molecule has 0 saturated carbocycles. The van der Waals surface area contributed by atoms with E-state index in [0.29, 0.717) is 29.7 Å². The van der Waals surface area contributed by atoms with Crippen LogP contribution in [0, 0.1) is 11.3 Å². The minimum atomic E-state index is -0.436. The predicted molar refractivity (Wildman–Crippen MR) is 61.0 cm³/mol. The second-order valence-corrected chi connectivity index (χ2v) is 4.44. The third kappa shape index (κ3) is 2.54. The van der Waals surface area contributed by atoms with Crippen LogP contribution in [0.2, 0.25) is 0 Å². The number of methoxy groups -OCH3 is 1. The minimum absolute atomic E-state index is 0.390. The molecule has 0 radical (unpaired) electrons. The highest BCUT2D eigenvalue weighted by Crippen LogP contribution is 2.24. The minimum Gasteiger partial charge on any atom is -0.465 e. The Morgan fingerprint density at radius 1 is 1.82 bits per heavy atom. The average molecular weight is 253 g/mol. The number of morpholine rings is 1. The number of anilines is 1. The summed E-state index contributed by atoms with van der Waals surface area (Å²) in [6.45, 7) is 1.64. The molecule has 1 atom stereocenters. The second-order valence-electron chi connectivity index (χ2n) is 3.43. The van der Waals surface area contributed by atoms with Crippen LogP contribution < -0.4 is 4.90 Å². The Morgan fingerprint density at radius 3 is 3.35 bits per heavy atom. The van der Waals surface area contributed by atoms with E-state index in [1.807, 2.05) is 4.90 Å². The molecule has 1 saturated heterocycles. The summed E-state index contributed by atoms with van der Waals surface area (Å²) >= 11 is 1.26. The molecule has 0 bridgehead atoms. The Hall–Kier alpha value is -1.65. The number of thiazole rings is 1. The summed E-state index contributed by atoms with van der Waals surface area (Å²) in [6.07, 6.45) is 1.05. The number of ether oxygens (including phenoxy) is 2. The van der Waals surface area contributed by atoms with Crippen LogP contribution in [0.15, 0.2) is 6.20 Å². The van der Waals surface area contributed by atoms with Crippen molar-refractivity contribution in [3.8, 4) is 6.07 Å². The number of aromatic nitrogens is 1. The van der Waals surface area contributed by atoms with E-state index in [1.54, 1.807) is 0 Å². The van der Waals surface area contributed by atoms with Crippen LogP contribution >= 0.6 is 11.3 Å². The molecule has 1 aliphatic heterocycles. The monoisotopic (exact) mass is 253 g/mol. The van der Waals surface area contributed by atoms with Crippen molar-refractivity contribution in [1.82, 2.24) is 4.98 Å². The summed E-state index contributed by atoms with van der Waals surface area (Å²) in [5.74, 6) is -0.390. The van der Waals surface area contributed by atoms with Crippen molar-refractivity contribution in [2.45, 2.75) is 6.10 Å². The van der Waals surface area contributed by atoms with Crippen LogP contribution in [0.4, 0.5) is 5.13 Å². The maximum Gasteiger partial charge on any atom is 0.349 e. The first kappa shape index (κ1) is 11.8. The quantitative estimate of drug-likeness (QED) is 0.721. The number of carbonyl (C=O) groups excluding carboxylic acids is 1. The summed E-state index contributed by atoms with van der Waals surface area (Å²) < 4.78 is 9.85. The predicted octanol–water partition coefficient (Wildman–Crippen LogP) is 0.658. The first-order valence-electron chi connectivity index (χ1n) is 5.05. The van der Waals surface area contributed by atoms with Crippen LogP contribution in [-0.4, -0.2) is 43.9 Å². The molecule has 0 aromatic carbocycles. The smallest absolute Gasteiger partial charge is 0.349 e. The van der Waals surface area contributed by atoms with Gasteiger partial charge in [0.25, 0.3) is 0 Å². The highest BCUT2D eigenvalue weighted by molar-refractivity contribution is 7.17. The van der Waals surface area contributed by atoms with Gasteiger partial charge in [-0.3, -0.25) is 0 Å². The van der Waals surface area contributed by atoms with Crippen molar-refractivity contribution in [1.29, 1.82) is 5.26 Å². The molecule has 1 aromatic heterocycles. The molecule has 1 aliphatic rings. The molecule has 1 unspecified atom stereocenters. The number of carbonyl (C=O) groups is 1. The van der Waals surface area contributed by atoms with Crippen LogP contribution in [0.25, 0.3) is 0 Å². The van der Waals surface area contributed by atoms with Crippen molar-refractivity contribution in [3.63, 3.8) is 0 Å². The summed E-state index contributed by atoms with van der Waals surface area (Å²) in [7, 11) is 1.34. The maximum atomic E-state index is 11.3. The lowest BCUT2D eigenvalue weighted by Gasteiger charge is -2.29. The Labute approximate surface area is 102 Å². The van der Waals surface area contributed by atoms with Gasteiger partial charge >= 0.3 is 5.97 Å². The molecule has 90 valence electrons. The lowest BCUT2D eigenvalue weighted by Crippen LogP contribution is -2.41. The molecular weight excluding hydrogens is 242 g/mol. The molecule has 6 nitrogen and oxygen atoms in total. The highest BCUT2D eigenvalue weighted by Gasteiger charge is 2.23. The van der Waals surface area contributed by atoms with Gasteiger partial charge in [0, 0.05) is 6.54 Å². The Balaban J connectivity index is 2.09. The molecule has 0 aliphatic carbocycles. The van der Waals surface area contributed by atoms with E-state index in [9.17, 15) is 4.79 Å². The summed E-state index contributed by atoms with van der Waals surface area (Å²) in [5.41, 5.74) is 0. The molecule has 0 amide bonds. The molecule has 1 aromatic rings. The van der Waals surface area contributed by atoms with Gasteiger partial charge in [0.05, 0.1) is 32.5 Å². The van der Waals surface area contributed by atoms with E-state index in [1.165, 1.54) is 24.6 Å². The maximum absolute atomic E-state index is 11.3. The lowest BCUT2D eigenvalue weighted by molar-refractivity contribution is 0.0606. The van der Waals surface area contributed by atoms with Crippen LogP contribution in [0.1, 0.15) is 9.67 Å². The molecule has 17 heavy (non-hydrogen) atoms. The zero-order valence-electron chi connectivity index (χ0n) is 9.25. The van der Waals surface area contributed by atoms with Crippen LogP contribution in [0.3, 0.4) is 0 Å². The Morgan fingerprint density at radius 2 is 2.65 bits per heavy atom. The highest BCUT2D eigenvalue weighted by atomic mass is 32.1. The number of nitriles is 1. The van der Waals surface area contributed by atoms with Gasteiger partial charge < -0.3 is 14.4 Å². The van der Waals surface area contributed by atoms with Crippen LogP contribution in [-0.2, 0) is 9.47 Å². The van der Waals surface area contributed by atoms with Gasteiger partial charge in [-0.05, 0) is 0 Å². The molecule has 0 N–H and O–H groups in total. The van der Waals surface area contributed by atoms with E-state index in [-0.39, 0.29) is 5.97 Å². The first-order valence-corrected chi connectivity index (χ1v) is 5.86. The second kappa shape index (κ2) is 5.12. The number of esters is 1. The topological polar surface area (TPSA) is 75.4 Å². The summed E-state index contributed by atoms with van der Waals surface area (Å²) in [6, 6.07) is 2.07. The molecule has 7 heteroatoms. The van der Waals surface area contributed by atoms with Gasteiger partial charge in [0.15, 0.2) is 11.2 Å². The fraction of sp³-hybridized carbons (Fsp3) is 0.500. The molecular formula is C10H11N3O3S. The van der Waals surface area contributed by atoms with E-state index in [0.717, 1.165) is 0 Å². The Kier molecular flexibility index (Phi) is 3.56. The number of hydrogen-bond acceptors (Lipinski definition) is 7. The van der Waals surface area contributed by atoms with Gasteiger partial charge in [0.2, 0.25) is 0 Å². The third-order valence-electron chi connectivity index (χ3n) is 2.36. The van der Waals surface area contributed by atoms with Gasteiger partial charge in [-0.15, -0.1) is 0 Å². The molecule has 1 fully saturated rings. The van der Waals surface area contributed by atoms with E-state index >= 15 is 0 Å². The molecule has 2 heterocycles. The SMILES string of the molecule is COC(=O)c1cnc(N2CCOC(C#N)C2)s1. The van der Waals surface area contributed by atoms with Gasteiger partial charge in [-0.2, -0.15) is 5.26 Å². The van der Waals surface area contributed by atoms with Crippen molar-refractivity contribution in [2.75, 3.05) is 31.7 Å². The summed E-state index contributed by atoms with van der Waals surface area (Å²) in [5, 5.41) is 9.51. The first-order chi connectivity index (χ1) is 8.24. The van der Waals surface area contributed by atoms with E-state index in [2.05, 4.69) is 15.8 Å². The Bertz CT molecular complexity index is 454. The number of hydrogen-bond donors (Lipinski definition) is 0. The van der Waals surface area contributed by atoms with Crippen molar-refractivity contribution in [2.24, 2.45) is 0 Å². The number of nitrogens with zero attached hydrogens (tertiary/aromatic N) is 3. The van der Waals surface area contributed by atoms with Gasteiger partial charge in [-0.25, -0.2) is 9.78 Å². The lowest BCUT2D eigenvalue weighted by atomic mass is 10.3. The molecule has 0 spiro atoms. The zero-order valence-corrected chi connectivity index (χ0v) is 10.1. The fourth-order valence-electron chi connectivity index (χ4n) is 1.51. The van der Waals surface area contributed by atoms with Crippen molar-refractivity contribution in [3.05, 3.63) is 11.1 Å². The largest absolute Gasteiger partial charge is 0.465 e. The van der Waals surface area contributed by atoms with Crippen molar-refractivity contribution >= 4 is 22.4 Å². The standard InChI is InChI=1S/C10H11N3O3S/c1-15-9(14)8-5-12-10(17-8)13-2-3-16-7(4-11)6-13/h5,7H,2-3,6H2,1H3. The van der Waals surface area contributed by atoms with Gasteiger partial charge in [-0.1, -0.05) is 11.3 Å². The third-order valence-corrected chi connectivity index (χ3v) is 3.40. The zero-order chi connectivity index (χ0) is 12.3. The number of rotatable bonds is 2. The van der Waals surface area contributed by atoms with E-state index in [4.69, 9.17) is 10.00 Å². The molecule has 2 rings (SSSR count).